The number of nitrogens with one attached hydrogen (secondary N) is 1. The minimum absolute atomic E-state index is 0.152. The monoisotopic (exact) mass is 411 g/mol. The highest BCUT2D eigenvalue weighted by atomic mass is 16.6. The highest BCUT2D eigenvalue weighted by molar-refractivity contribution is 6.00. The number of benzene rings is 2. The van der Waals surface area contributed by atoms with Crippen molar-refractivity contribution < 1.29 is 19.2 Å². The van der Waals surface area contributed by atoms with Crippen molar-refractivity contribution in [3.05, 3.63) is 69.3 Å². The smallest absolute Gasteiger partial charge is 0.270 e. The molecule has 0 aromatic heterocycles. The van der Waals surface area contributed by atoms with Crippen molar-refractivity contribution in [1.29, 1.82) is 0 Å². The van der Waals surface area contributed by atoms with Crippen molar-refractivity contribution in [1.82, 2.24) is 4.90 Å². The maximum atomic E-state index is 13.1. The molecule has 2 aromatic carbocycles. The lowest BCUT2D eigenvalue weighted by Gasteiger charge is -2.25. The Kier molecular flexibility index (Phi) is 6.79. The minimum atomic E-state index is -0.547. The summed E-state index contributed by atoms with van der Waals surface area (Å²) in [7, 11) is 0. The Morgan fingerprint density at radius 1 is 1.23 bits per heavy atom. The second-order valence-corrected chi connectivity index (χ2v) is 7.42. The number of amides is 2. The van der Waals surface area contributed by atoms with Crippen molar-refractivity contribution in [3.63, 3.8) is 0 Å². The van der Waals surface area contributed by atoms with Gasteiger partial charge in [-0.2, -0.15) is 0 Å². The summed E-state index contributed by atoms with van der Waals surface area (Å²) >= 11 is 0. The van der Waals surface area contributed by atoms with Gasteiger partial charge in [-0.05, 0) is 49.9 Å². The molecule has 0 unspecified atom stereocenters. The largest absolute Gasteiger partial charge is 0.376 e. The van der Waals surface area contributed by atoms with E-state index in [1.165, 1.54) is 29.2 Å². The summed E-state index contributed by atoms with van der Waals surface area (Å²) in [6.45, 7) is 4.58. The third-order valence-electron chi connectivity index (χ3n) is 5.25. The van der Waals surface area contributed by atoms with Crippen molar-refractivity contribution in [2.45, 2.75) is 32.8 Å². The van der Waals surface area contributed by atoms with Crippen LogP contribution in [0.5, 0.6) is 0 Å². The molecular weight excluding hydrogens is 386 g/mol. The van der Waals surface area contributed by atoms with Crippen molar-refractivity contribution in [2.75, 3.05) is 25.0 Å². The van der Waals surface area contributed by atoms with Crippen LogP contribution in [0.1, 0.15) is 34.3 Å². The van der Waals surface area contributed by atoms with E-state index < -0.39 is 10.8 Å². The fourth-order valence-electron chi connectivity index (χ4n) is 3.44. The van der Waals surface area contributed by atoms with Crippen LogP contribution in [0.15, 0.2) is 42.5 Å². The standard InChI is InChI=1S/C22H25N3O5/c1-15-6-3-10-20(16(15)2)23-21(26)14-24(13-19-9-5-11-30-19)22(27)17-7-4-8-18(12-17)25(28)29/h3-4,6-8,10,12,19H,5,9,11,13-14H2,1-2H3,(H,23,26)/t19-/m0/s1. The Bertz CT molecular complexity index is 954. The van der Waals surface area contributed by atoms with E-state index in [1.807, 2.05) is 32.0 Å². The Balaban J connectivity index is 1.78. The van der Waals surface area contributed by atoms with E-state index in [0.29, 0.717) is 12.3 Å². The number of rotatable bonds is 7. The van der Waals surface area contributed by atoms with Crippen molar-refractivity contribution in [3.8, 4) is 0 Å². The van der Waals surface area contributed by atoms with Crippen LogP contribution in [-0.2, 0) is 9.53 Å². The molecule has 0 radical (unpaired) electrons. The predicted octanol–water partition coefficient (Wildman–Crippen LogP) is 3.47. The lowest BCUT2D eigenvalue weighted by atomic mass is 10.1. The van der Waals surface area contributed by atoms with E-state index in [4.69, 9.17) is 4.74 Å². The molecule has 1 atom stereocenters. The van der Waals surface area contributed by atoms with Gasteiger partial charge >= 0.3 is 0 Å². The summed E-state index contributed by atoms with van der Waals surface area (Å²) in [5.41, 5.74) is 2.71. The first-order valence-electron chi connectivity index (χ1n) is 9.86. The predicted molar refractivity (Wildman–Crippen MR) is 113 cm³/mol. The van der Waals surface area contributed by atoms with E-state index in [0.717, 1.165) is 24.0 Å². The van der Waals surface area contributed by atoms with Crippen LogP contribution in [0.3, 0.4) is 0 Å². The zero-order chi connectivity index (χ0) is 21.7. The molecule has 1 aliphatic rings. The number of nitro groups is 1. The third kappa shape index (κ3) is 5.21. The molecule has 1 aliphatic heterocycles. The molecule has 3 rings (SSSR count). The summed E-state index contributed by atoms with van der Waals surface area (Å²) < 4.78 is 5.63. The Hall–Kier alpha value is -3.26. The highest BCUT2D eigenvalue weighted by Crippen LogP contribution is 2.20. The average Bonchev–Trinajstić information content (AvgIpc) is 3.23. The summed E-state index contributed by atoms with van der Waals surface area (Å²) in [6.07, 6.45) is 1.55. The SMILES string of the molecule is Cc1cccc(NC(=O)CN(C[C@@H]2CCCO2)C(=O)c2cccc([N+](=O)[O-])c2)c1C. The van der Waals surface area contributed by atoms with Crippen LogP contribution < -0.4 is 5.32 Å². The quantitative estimate of drug-likeness (QED) is 0.555. The van der Waals surface area contributed by atoms with E-state index in [9.17, 15) is 19.7 Å². The number of carbonyl (C=O) groups excluding carboxylic acids is 2. The van der Waals surface area contributed by atoms with Gasteiger partial charge in [-0.15, -0.1) is 0 Å². The molecule has 1 heterocycles. The molecule has 0 aliphatic carbocycles. The number of aryl methyl sites for hydroxylation is 1. The fourth-order valence-corrected chi connectivity index (χ4v) is 3.44. The molecule has 1 N–H and O–H groups in total. The van der Waals surface area contributed by atoms with Gasteiger partial charge in [-0.1, -0.05) is 18.2 Å². The van der Waals surface area contributed by atoms with Crippen LogP contribution in [0, 0.1) is 24.0 Å². The fraction of sp³-hybridized carbons (Fsp3) is 0.364. The van der Waals surface area contributed by atoms with Gasteiger partial charge in [0.15, 0.2) is 0 Å². The number of nitro benzene ring substituents is 1. The number of hydrogen-bond donors (Lipinski definition) is 1. The minimum Gasteiger partial charge on any atom is -0.376 e. The molecule has 0 spiro atoms. The maximum Gasteiger partial charge on any atom is 0.270 e. The summed E-state index contributed by atoms with van der Waals surface area (Å²) in [4.78, 5) is 37.7. The molecular formula is C22H25N3O5. The van der Waals surface area contributed by atoms with Gasteiger partial charge in [0.05, 0.1) is 11.0 Å². The third-order valence-corrected chi connectivity index (χ3v) is 5.25. The zero-order valence-electron chi connectivity index (χ0n) is 17.1. The van der Waals surface area contributed by atoms with Gasteiger partial charge < -0.3 is 15.0 Å². The Morgan fingerprint density at radius 2 is 2.00 bits per heavy atom. The molecule has 0 bridgehead atoms. The first-order chi connectivity index (χ1) is 14.3. The topological polar surface area (TPSA) is 102 Å². The lowest BCUT2D eigenvalue weighted by Crippen LogP contribution is -2.42. The molecule has 1 saturated heterocycles. The highest BCUT2D eigenvalue weighted by Gasteiger charge is 2.26. The molecule has 0 saturated carbocycles. The van der Waals surface area contributed by atoms with Gasteiger partial charge in [0.25, 0.3) is 11.6 Å². The van der Waals surface area contributed by atoms with E-state index in [1.54, 1.807) is 0 Å². The molecule has 8 nitrogen and oxygen atoms in total. The van der Waals surface area contributed by atoms with Crippen molar-refractivity contribution in [2.24, 2.45) is 0 Å². The second kappa shape index (κ2) is 9.49. The van der Waals surface area contributed by atoms with Crippen LogP contribution in [0.25, 0.3) is 0 Å². The summed E-state index contributed by atoms with van der Waals surface area (Å²) in [5, 5.41) is 13.9. The van der Waals surface area contributed by atoms with E-state index in [-0.39, 0.29) is 36.4 Å². The number of anilines is 1. The molecule has 2 aromatic rings. The normalized spacial score (nSPS) is 15.6. The number of ether oxygens (including phenoxy) is 1. The zero-order valence-corrected chi connectivity index (χ0v) is 17.1. The molecule has 30 heavy (non-hydrogen) atoms. The number of carbonyl (C=O) groups is 2. The number of hydrogen-bond acceptors (Lipinski definition) is 5. The summed E-state index contributed by atoms with van der Waals surface area (Å²) in [6, 6.07) is 11.2. The lowest BCUT2D eigenvalue weighted by molar-refractivity contribution is -0.384. The second-order valence-electron chi connectivity index (χ2n) is 7.42. The molecule has 158 valence electrons. The van der Waals surface area contributed by atoms with Gasteiger partial charge in [-0.25, -0.2) is 0 Å². The van der Waals surface area contributed by atoms with Crippen LogP contribution in [-0.4, -0.2) is 47.4 Å². The molecule has 8 heteroatoms. The molecule has 2 amide bonds. The molecule has 1 fully saturated rings. The van der Waals surface area contributed by atoms with Crippen molar-refractivity contribution >= 4 is 23.2 Å². The maximum absolute atomic E-state index is 13.1. The Labute approximate surface area is 175 Å². The number of non-ortho nitro benzene ring substituents is 1. The summed E-state index contributed by atoms with van der Waals surface area (Å²) in [5.74, 6) is -0.772. The average molecular weight is 411 g/mol. The van der Waals surface area contributed by atoms with Crippen LogP contribution >= 0.6 is 0 Å². The van der Waals surface area contributed by atoms with Crippen LogP contribution in [0.2, 0.25) is 0 Å². The first-order valence-corrected chi connectivity index (χ1v) is 9.86. The van der Waals surface area contributed by atoms with Gasteiger partial charge in [-0.3, -0.25) is 19.7 Å². The van der Waals surface area contributed by atoms with Gasteiger partial charge in [0.1, 0.15) is 6.54 Å². The first kappa shape index (κ1) is 21.4. The Morgan fingerprint density at radius 3 is 2.70 bits per heavy atom. The van der Waals surface area contributed by atoms with Gasteiger partial charge in [0, 0.05) is 36.5 Å². The van der Waals surface area contributed by atoms with E-state index in [2.05, 4.69) is 5.32 Å². The number of nitrogens with zero attached hydrogens (tertiary/aromatic N) is 2. The van der Waals surface area contributed by atoms with E-state index >= 15 is 0 Å². The van der Waals surface area contributed by atoms with Crippen LogP contribution in [0.4, 0.5) is 11.4 Å². The van der Waals surface area contributed by atoms with Gasteiger partial charge in [0.2, 0.25) is 5.91 Å².